The van der Waals surface area contributed by atoms with E-state index in [0.717, 1.165) is 11.1 Å². The summed E-state index contributed by atoms with van der Waals surface area (Å²) in [6, 6.07) is 7.78. The van der Waals surface area contributed by atoms with Gasteiger partial charge in [0.2, 0.25) is 0 Å². The maximum absolute atomic E-state index is 10.9. The quantitative estimate of drug-likeness (QED) is 0.638. The molecule has 0 saturated carbocycles. The van der Waals surface area contributed by atoms with Crippen LogP contribution in [0.1, 0.15) is 17.2 Å². The number of carbonyl (C=O) groups excluding carboxylic acids is 1. The predicted molar refractivity (Wildman–Crippen MR) is 51.7 cm³/mol. The number of benzene rings is 1. The first-order valence-corrected chi connectivity index (χ1v) is 4.33. The van der Waals surface area contributed by atoms with E-state index < -0.39 is 6.16 Å². The zero-order chi connectivity index (χ0) is 9.97. The van der Waals surface area contributed by atoms with E-state index in [9.17, 15) is 4.79 Å². The highest BCUT2D eigenvalue weighted by Gasteiger charge is 2.20. The number of fused-ring (bicyclic) bond motifs is 1. The molecule has 72 valence electrons. The van der Waals surface area contributed by atoms with Gasteiger partial charge in [0, 0.05) is 5.56 Å². The largest absolute Gasteiger partial charge is 0.508 e. The second-order valence-corrected chi connectivity index (χ2v) is 2.98. The van der Waals surface area contributed by atoms with Gasteiger partial charge >= 0.3 is 6.16 Å². The highest BCUT2D eigenvalue weighted by Crippen LogP contribution is 2.30. The van der Waals surface area contributed by atoms with Crippen molar-refractivity contribution in [3.63, 3.8) is 0 Å². The molecular weight excluding hydrogens is 180 g/mol. The first-order valence-electron chi connectivity index (χ1n) is 4.33. The maximum atomic E-state index is 10.9. The molecule has 0 saturated heterocycles. The normalized spacial score (nSPS) is 17.6. The topological polar surface area (TPSA) is 35.5 Å². The number of carbonyl (C=O) groups is 1. The standard InChI is InChI=1S/C11H10O3/c1-13-11(12)14-10-7-6-8-4-2-3-5-9(8)10/h2-7,10H,1H3/t10-/m1/s1. The average molecular weight is 190 g/mol. The van der Waals surface area contributed by atoms with Crippen LogP contribution in [0.15, 0.2) is 30.3 Å². The zero-order valence-electron chi connectivity index (χ0n) is 7.77. The molecule has 0 fully saturated rings. The third-order valence-electron chi connectivity index (χ3n) is 2.14. The SMILES string of the molecule is COC(=O)O[C@@H]1C=Cc2ccccc21. The lowest BCUT2D eigenvalue weighted by molar-refractivity contribution is 0.0531. The van der Waals surface area contributed by atoms with Crippen LogP contribution in [0.2, 0.25) is 0 Å². The number of methoxy groups -OCH3 is 1. The maximum Gasteiger partial charge on any atom is 0.508 e. The fourth-order valence-corrected chi connectivity index (χ4v) is 1.47. The Balaban J connectivity index is 2.18. The van der Waals surface area contributed by atoms with Crippen LogP contribution >= 0.6 is 0 Å². The first kappa shape index (κ1) is 8.81. The molecule has 0 spiro atoms. The molecular formula is C11H10O3. The summed E-state index contributed by atoms with van der Waals surface area (Å²) in [5, 5.41) is 0. The van der Waals surface area contributed by atoms with Crippen molar-refractivity contribution in [3.05, 3.63) is 41.5 Å². The van der Waals surface area contributed by atoms with E-state index in [-0.39, 0.29) is 6.10 Å². The highest BCUT2D eigenvalue weighted by molar-refractivity contribution is 5.65. The van der Waals surface area contributed by atoms with Gasteiger partial charge in [0.05, 0.1) is 7.11 Å². The summed E-state index contributed by atoms with van der Waals surface area (Å²) in [6.07, 6.45) is 2.81. The van der Waals surface area contributed by atoms with E-state index in [4.69, 9.17) is 4.74 Å². The number of rotatable bonds is 1. The van der Waals surface area contributed by atoms with Crippen LogP contribution in [-0.4, -0.2) is 13.3 Å². The summed E-state index contributed by atoms with van der Waals surface area (Å²) in [4.78, 5) is 10.9. The summed E-state index contributed by atoms with van der Waals surface area (Å²) < 4.78 is 9.47. The highest BCUT2D eigenvalue weighted by atomic mass is 16.7. The van der Waals surface area contributed by atoms with Crippen molar-refractivity contribution < 1.29 is 14.3 Å². The zero-order valence-corrected chi connectivity index (χ0v) is 7.77. The molecule has 2 rings (SSSR count). The van der Waals surface area contributed by atoms with Crippen LogP contribution in [0.4, 0.5) is 4.79 Å². The molecule has 3 heteroatoms. The Labute approximate surface area is 81.9 Å². The molecule has 0 aromatic heterocycles. The minimum atomic E-state index is -0.656. The van der Waals surface area contributed by atoms with Crippen molar-refractivity contribution in [3.8, 4) is 0 Å². The summed E-state index contributed by atoms with van der Waals surface area (Å²) in [6.45, 7) is 0. The third kappa shape index (κ3) is 1.48. The fraction of sp³-hybridized carbons (Fsp3) is 0.182. The fourth-order valence-electron chi connectivity index (χ4n) is 1.47. The van der Waals surface area contributed by atoms with Crippen molar-refractivity contribution in [1.82, 2.24) is 0 Å². The van der Waals surface area contributed by atoms with Gasteiger partial charge in [0.1, 0.15) is 6.10 Å². The lowest BCUT2D eigenvalue weighted by Gasteiger charge is -2.10. The number of hydrogen-bond donors (Lipinski definition) is 0. The summed E-state index contributed by atoms with van der Waals surface area (Å²) >= 11 is 0. The van der Waals surface area contributed by atoms with Gasteiger partial charge in [-0.3, -0.25) is 0 Å². The monoisotopic (exact) mass is 190 g/mol. The van der Waals surface area contributed by atoms with E-state index >= 15 is 0 Å². The van der Waals surface area contributed by atoms with Crippen molar-refractivity contribution >= 4 is 12.2 Å². The molecule has 0 radical (unpaired) electrons. The Morgan fingerprint density at radius 1 is 1.36 bits per heavy atom. The Morgan fingerprint density at radius 3 is 2.93 bits per heavy atom. The van der Waals surface area contributed by atoms with Gasteiger partial charge in [0.25, 0.3) is 0 Å². The molecule has 3 nitrogen and oxygen atoms in total. The van der Waals surface area contributed by atoms with Gasteiger partial charge in [-0.1, -0.05) is 30.3 Å². The van der Waals surface area contributed by atoms with Crippen molar-refractivity contribution in [2.24, 2.45) is 0 Å². The summed E-state index contributed by atoms with van der Waals surface area (Å²) in [7, 11) is 1.30. The third-order valence-corrected chi connectivity index (χ3v) is 2.14. The van der Waals surface area contributed by atoms with Crippen LogP contribution in [-0.2, 0) is 9.47 Å². The molecule has 0 heterocycles. The molecule has 1 aromatic carbocycles. The van der Waals surface area contributed by atoms with Crippen LogP contribution in [0.5, 0.6) is 0 Å². The smallest absolute Gasteiger partial charge is 0.438 e. The molecule has 0 aliphatic heterocycles. The van der Waals surface area contributed by atoms with E-state index in [1.807, 2.05) is 36.4 Å². The van der Waals surface area contributed by atoms with E-state index in [0.29, 0.717) is 0 Å². The average Bonchev–Trinajstić information content (AvgIpc) is 2.62. The Hall–Kier alpha value is -1.77. The van der Waals surface area contributed by atoms with Gasteiger partial charge < -0.3 is 9.47 Å². The molecule has 0 bridgehead atoms. The lowest BCUT2D eigenvalue weighted by Crippen LogP contribution is -2.08. The van der Waals surface area contributed by atoms with Gasteiger partial charge in [0.15, 0.2) is 0 Å². The van der Waals surface area contributed by atoms with Gasteiger partial charge in [-0.2, -0.15) is 0 Å². The van der Waals surface area contributed by atoms with Crippen LogP contribution in [0.25, 0.3) is 6.08 Å². The van der Waals surface area contributed by atoms with E-state index in [1.54, 1.807) is 0 Å². The van der Waals surface area contributed by atoms with Gasteiger partial charge in [-0.05, 0) is 11.6 Å². The van der Waals surface area contributed by atoms with Gasteiger partial charge in [-0.15, -0.1) is 0 Å². The van der Waals surface area contributed by atoms with Crippen LogP contribution in [0.3, 0.4) is 0 Å². The first-order chi connectivity index (χ1) is 6.81. The summed E-state index contributed by atoms with van der Waals surface area (Å²) in [5.74, 6) is 0. The van der Waals surface area contributed by atoms with Gasteiger partial charge in [-0.25, -0.2) is 4.79 Å². The minimum absolute atomic E-state index is 0.307. The lowest BCUT2D eigenvalue weighted by atomic mass is 10.1. The van der Waals surface area contributed by atoms with Crippen LogP contribution < -0.4 is 0 Å². The molecule has 0 N–H and O–H groups in total. The Bertz CT molecular complexity index is 382. The molecule has 14 heavy (non-hydrogen) atoms. The molecule has 1 aliphatic carbocycles. The number of ether oxygens (including phenoxy) is 2. The second kappa shape index (κ2) is 3.54. The molecule has 0 amide bonds. The van der Waals surface area contributed by atoms with Crippen LogP contribution in [0, 0.1) is 0 Å². The van der Waals surface area contributed by atoms with Crippen molar-refractivity contribution in [2.45, 2.75) is 6.10 Å². The summed E-state index contributed by atoms with van der Waals surface area (Å²) in [5.41, 5.74) is 2.08. The molecule has 0 unspecified atom stereocenters. The Kier molecular flexibility index (Phi) is 2.23. The van der Waals surface area contributed by atoms with Crippen molar-refractivity contribution in [1.29, 1.82) is 0 Å². The number of hydrogen-bond acceptors (Lipinski definition) is 3. The van der Waals surface area contributed by atoms with E-state index in [1.165, 1.54) is 7.11 Å². The Morgan fingerprint density at radius 2 is 2.14 bits per heavy atom. The molecule has 1 aliphatic rings. The molecule has 1 aromatic rings. The minimum Gasteiger partial charge on any atom is -0.438 e. The van der Waals surface area contributed by atoms with Crippen molar-refractivity contribution in [2.75, 3.05) is 7.11 Å². The predicted octanol–water partition coefficient (Wildman–Crippen LogP) is 2.54. The van der Waals surface area contributed by atoms with E-state index in [2.05, 4.69) is 4.74 Å². The second-order valence-electron chi connectivity index (χ2n) is 2.98. The molecule has 1 atom stereocenters.